The lowest BCUT2D eigenvalue weighted by Crippen LogP contribution is -2.29. The lowest BCUT2D eigenvalue weighted by Gasteiger charge is -2.26. The van der Waals surface area contributed by atoms with Crippen molar-refractivity contribution in [3.63, 3.8) is 0 Å². The predicted octanol–water partition coefficient (Wildman–Crippen LogP) is 6.17. The third-order valence-corrected chi connectivity index (χ3v) is 6.38. The number of anilines is 1. The molecule has 2 N–H and O–H groups in total. The van der Waals surface area contributed by atoms with Gasteiger partial charge in [0, 0.05) is 16.3 Å². The molecule has 3 aromatic carbocycles. The van der Waals surface area contributed by atoms with Crippen LogP contribution in [0.25, 0.3) is 5.76 Å². The number of ether oxygens (including phenoxy) is 2. The summed E-state index contributed by atoms with van der Waals surface area (Å²) in [4.78, 5) is 28.1. The Kier molecular flexibility index (Phi) is 7.45. The third-order valence-electron chi connectivity index (χ3n) is 5.98. The lowest BCUT2D eigenvalue weighted by atomic mass is 9.94. The molecule has 192 valence electrons. The van der Waals surface area contributed by atoms with Crippen LogP contribution >= 0.6 is 11.6 Å². The van der Waals surface area contributed by atoms with Crippen molar-refractivity contribution in [2.24, 2.45) is 0 Å². The van der Waals surface area contributed by atoms with Crippen molar-refractivity contribution in [2.45, 2.75) is 39.8 Å². The minimum atomic E-state index is -0.995. The number of phenolic OH excluding ortho intramolecular Hbond substituents is 1. The molecule has 0 spiro atoms. The SMILES string of the molecule is CCOc1cc(C2/C(=C(\O)c3ccc(OC(C)C)cc3)C(=O)C(=O)N2c2ccc(C)c(Cl)c2)ccc1O. The average molecular weight is 522 g/mol. The molecule has 8 heteroatoms. The van der Waals surface area contributed by atoms with Crippen LogP contribution in [0.4, 0.5) is 5.69 Å². The minimum Gasteiger partial charge on any atom is -0.507 e. The zero-order valence-corrected chi connectivity index (χ0v) is 21.7. The largest absolute Gasteiger partial charge is 0.507 e. The molecule has 1 atom stereocenters. The van der Waals surface area contributed by atoms with Crippen molar-refractivity contribution in [1.29, 1.82) is 0 Å². The second-order valence-electron chi connectivity index (χ2n) is 8.95. The molecule has 1 heterocycles. The maximum Gasteiger partial charge on any atom is 0.300 e. The number of amides is 1. The second-order valence-corrected chi connectivity index (χ2v) is 9.36. The number of nitrogens with zero attached hydrogens (tertiary/aromatic N) is 1. The quantitative estimate of drug-likeness (QED) is 0.219. The monoisotopic (exact) mass is 521 g/mol. The van der Waals surface area contributed by atoms with Crippen LogP contribution in [0.15, 0.2) is 66.2 Å². The van der Waals surface area contributed by atoms with Crippen LogP contribution in [0, 0.1) is 6.92 Å². The number of aliphatic hydroxyl groups excluding tert-OH is 1. The van der Waals surface area contributed by atoms with Gasteiger partial charge >= 0.3 is 0 Å². The number of hydrogen-bond donors (Lipinski definition) is 2. The molecule has 0 radical (unpaired) electrons. The number of carbonyl (C=O) groups is 2. The fourth-order valence-corrected chi connectivity index (χ4v) is 4.41. The van der Waals surface area contributed by atoms with Gasteiger partial charge in [0.2, 0.25) is 0 Å². The Hall–Kier alpha value is -3.97. The van der Waals surface area contributed by atoms with Gasteiger partial charge in [0.05, 0.1) is 24.3 Å². The van der Waals surface area contributed by atoms with E-state index >= 15 is 0 Å². The van der Waals surface area contributed by atoms with E-state index in [4.69, 9.17) is 21.1 Å². The number of Topliss-reactive ketones (excluding diaryl/α,β-unsaturated/α-hetero) is 1. The van der Waals surface area contributed by atoms with Crippen molar-refractivity contribution >= 4 is 34.7 Å². The molecule has 0 aromatic heterocycles. The fraction of sp³-hybridized carbons (Fsp3) is 0.241. The normalized spacial score (nSPS) is 16.9. The highest BCUT2D eigenvalue weighted by molar-refractivity contribution is 6.51. The molecule has 37 heavy (non-hydrogen) atoms. The van der Waals surface area contributed by atoms with Gasteiger partial charge in [-0.05, 0) is 87.4 Å². The Bertz CT molecular complexity index is 1380. The first-order chi connectivity index (χ1) is 17.6. The van der Waals surface area contributed by atoms with Crippen LogP contribution in [0.1, 0.15) is 43.5 Å². The van der Waals surface area contributed by atoms with E-state index in [2.05, 4.69) is 0 Å². The highest BCUT2D eigenvalue weighted by Gasteiger charge is 2.47. The van der Waals surface area contributed by atoms with Crippen LogP contribution in [-0.2, 0) is 9.59 Å². The van der Waals surface area contributed by atoms with Crippen LogP contribution < -0.4 is 14.4 Å². The Morgan fingerprint density at radius 2 is 1.76 bits per heavy atom. The summed E-state index contributed by atoms with van der Waals surface area (Å²) in [7, 11) is 0. The molecule has 1 aliphatic heterocycles. The summed E-state index contributed by atoms with van der Waals surface area (Å²) in [5, 5.41) is 22.0. The van der Waals surface area contributed by atoms with E-state index < -0.39 is 17.7 Å². The number of ketones is 1. The van der Waals surface area contributed by atoms with E-state index in [0.717, 1.165) is 5.56 Å². The summed E-state index contributed by atoms with van der Waals surface area (Å²) >= 11 is 6.35. The maximum atomic E-state index is 13.4. The van der Waals surface area contributed by atoms with Gasteiger partial charge in [-0.15, -0.1) is 0 Å². The van der Waals surface area contributed by atoms with Crippen LogP contribution in [0.2, 0.25) is 5.02 Å². The maximum absolute atomic E-state index is 13.4. The first kappa shape index (κ1) is 26.1. The van der Waals surface area contributed by atoms with Gasteiger partial charge < -0.3 is 19.7 Å². The molecule has 1 fully saturated rings. The molecule has 7 nitrogen and oxygen atoms in total. The van der Waals surface area contributed by atoms with Crippen molar-refractivity contribution in [2.75, 3.05) is 11.5 Å². The van der Waals surface area contributed by atoms with Crippen molar-refractivity contribution in [3.8, 4) is 17.2 Å². The molecule has 1 aliphatic rings. The van der Waals surface area contributed by atoms with Crippen molar-refractivity contribution in [1.82, 2.24) is 0 Å². The average Bonchev–Trinajstić information content (AvgIpc) is 3.12. The van der Waals surface area contributed by atoms with Gasteiger partial charge in [0.1, 0.15) is 11.5 Å². The van der Waals surface area contributed by atoms with Crippen molar-refractivity contribution < 1.29 is 29.3 Å². The van der Waals surface area contributed by atoms with Gasteiger partial charge in [-0.2, -0.15) is 0 Å². The molecule has 4 rings (SSSR count). The first-order valence-electron chi connectivity index (χ1n) is 11.9. The molecular weight excluding hydrogens is 494 g/mol. The summed E-state index contributed by atoms with van der Waals surface area (Å²) in [6, 6.07) is 15.3. The molecule has 0 aliphatic carbocycles. The number of carbonyl (C=O) groups excluding carboxylic acids is 2. The molecule has 1 unspecified atom stereocenters. The van der Waals surface area contributed by atoms with Crippen LogP contribution in [0.3, 0.4) is 0 Å². The zero-order chi connectivity index (χ0) is 26.9. The summed E-state index contributed by atoms with van der Waals surface area (Å²) < 4.78 is 11.2. The van der Waals surface area contributed by atoms with E-state index in [-0.39, 0.29) is 28.9 Å². The van der Waals surface area contributed by atoms with Gasteiger partial charge in [-0.3, -0.25) is 14.5 Å². The molecule has 0 saturated carbocycles. The molecule has 0 bridgehead atoms. The van der Waals surface area contributed by atoms with E-state index in [1.807, 2.05) is 20.8 Å². The van der Waals surface area contributed by atoms with Crippen LogP contribution in [-0.4, -0.2) is 34.6 Å². The highest BCUT2D eigenvalue weighted by atomic mass is 35.5. The third kappa shape index (κ3) is 5.13. The Morgan fingerprint density at radius 1 is 1.05 bits per heavy atom. The number of hydrogen-bond acceptors (Lipinski definition) is 6. The summed E-state index contributed by atoms with van der Waals surface area (Å²) in [6.07, 6.45) is -0.0277. The van der Waals surface area contributed by atoms with Gasteiger partial charge in [-0.25, -0.2) is 0 Å². The number of aryl methyl sites for hydroxylation is 1. The summed E-state index contributed by atoms with van der Waals surface area (Å²) in [5.41, 5.74) is 1.94. The fourth-order valence-electron chi connectivity index (χ4n) is 4.24. The Labute approximate surface area is 220 Å². The first-order valence-corrected chi connectivity index (χ1v) is 12.3. The summed E-state index contributed by atoms with van der Waals surface area (Å²) in [5.74, 6) is -1.25. The predicted molar refractivity (Wildman–Crippen MR) is 142 cm³/mol. The number of halogens is 1. The number of aromatic hydroxyl groups is 1. The molecular formula is C29H28ClNO6. The Balaban J connectivity index is 1.91. The van der Waals surface area contributed by atoms with E-state index in [1.54, 1.807) is 61.5 Å². The standard InChI is InChI=1S/C29H28ClNO6/c1-5-36-24-14-19(9-13-23(24)32)26-25(27(33)18-7-11-21(12-8-18)37-16(2)3)28(34)29(35)31(26)20-10-6-17(4)22(30)15-20/h6-16,26,32-33H,5H2,1-4H3/b27-25+. The van der Waals surface area contributed by atoms with E-state index in [9.17, 15) is 19.8 Å². The van der Waals surface area contributed by atoms with E-state index in [0.29, 0.717) is 34.2 Å². The summed E-state index contributed by atoms with van der Waals surface area (Å²) in [6.45, 7) is 7.72. The zero-order valence-electron chi connectivity index (χ0n) is 21.0. The lowest BCUT2D eigenvalue weighted by molar-refractivity contribution is -0.132. The number of aliphatic hydroxyl groups is 1. The number of rotatable bonds is 7. The highest BCUT2D eigenvalue weighted by Crippen LogP contribution is 2.44. The van der Waals surface area contributed by atoms with Gasteiger partial charge in [0.25, 0.3) is 11.7 Å². The number of benzene rings is 3. The second kappa shape index (κ2) is 10.6. The number of phenols is 1. The molecule has 1 amide bonds. The Morgan fingerprint density at radius 3 is 2.38 bits per heavy atom. The van der Waals surface area contributed by atoms with Gasteiger partial charge in [0.15, 0.2) is 11.5 Å². The van der Waals surface area contributed by atoms with E-state index in [1.165, 1.54) is 11.0 Å². The van der Waals surface area contributed by atoms with Crippen molar-refractivity contribution in [3.05, 3.63) is 87.9 Å². The minimum absolute atomic E-state index is 0.0277. The molecule has 1 saturated heterocycles. The smallest absolute Gasteiger partial charge is 0.300 e. The van der Waals surface area contributed by atoms with Crippen LogP contribution in [0.5, 0.6) is 17.2 Å². The van der Waals surface area contributed by atoms with Gasteiger partial charge in [-0.1, -0.05) is 23.7 Å². The molecule has 3 aromatic rings. The topological polar surface area (TPSA) is 96.3 Å².